The molecular formula is C56H87N5O12Si2. The van der Waals surface area contributed by atoms with Gasteiger partial charge in [-0.2, -0.15) is 0 Å². The first-order chi connectivity index (χ1) is 34.5. The Hall–Kier alpha value is -5.80. The summed E-state index contributed by atoms with van der Waals surface area (Å²) in [7, 11) is -3.99. The van der Waals surface area contributed by atoms with Gasteiger partial charge in [0.05, 0.1) is 19.1 Å². The van der Waals surface area contributed by atoms with Crippen LogP contribution in [0.2, 0.25) is 36.3 Å². The van der Waals surface area contributed by atoms with E-state index in [2.05, 4.69) is 89.0 Å². The van der Waals surface area contributed by atoms with Gasteiger partial charge in [0.1, 0.15) is 47.9 Å². The molecule has 0 fully saturated rings. The molecule has 2 aliphatic rings. The molecule has 2 aliphatic heterocycles. The lowest BCUT2D eigenvalue weighted by molar-refractivity contribution is -0.158. The van der Waals surface area contributed by atoms with Crippen LogP contribution in [-0.2, 0) is 60.6 Å². The number of amides is 4. The number of carbonyl (C=O) groups is 7. The van der Waals surface area contributed by atoms with Crippen molar-refractivity contribution in [1.82, 2.24) is 21.3 Å². The van der Waals surface area contributed by atoms with Crippen LogP contribution in [0.5, 0.6) is 11.5 Å². The van der Waals surface area contributed by atoms with E-state index < -0.39 is 99.9 Å². The van der Waals surface area contributed by atoms with Gasteiger partial charge in [-0.3, -0.25) is 24.0 Å². The molecule has 416 valence electrons. The van der Waals surface area contributed by atoms with Gasteiger partial charge in [-0.05, 0) is 110 Å². The van der Waals surface area contributed by atoms with Crippen LogP contribution in [0.15, 0.2) is 72.8 Å². The number of hydrogen-bond donors (Lipinski definition) is 5. The topological polar surface area (TPSA) is 240 Å². The normalized spacial score (nSPS) is 22.8. The molecule has 2 aromatic carbocycles. The molecule has 0 unspecified atom stereocenters. The molecule has 0 saturated carbocycles. The molecule has 0 aliphatic carbocycles. The fourth-order valence-electron chi connectivity index (χ4n) is 6.97. The molecule has 4 rings (SSSR count). The predicted molar refractivity (Wildman–Crippen MR) is 295 cm³/mol. The largest absolute Gasteiger partial charge is 0.544 e. The number of hydrogen-bond acceptors (Lipinski definition) is 13. The molecule has 6 atom stereocenters. The monoisotopic (exact) mass is 1080 g/mol. The van der Waals surface area contributed by atoms with Gasteiger partial charge in [0, 0.05) is 24.8 Å². The van der Waals surface area contributed by atoms with Crippen LogP contribution in [0.4, 0.5) is 0 Å². The first kappa shape index (κ1) is 63.5. The Morgan fingerprint density at radius 2 is 0.973 bits per heavy atom. The van der Waals surface area contributed by atoms with Gasteiger partial charge < -0.3 is 50.1 Å². The third-order valence-electron chi connectivity index (χ3n) is 13.5. The van der Waals surface area contributed by atoms with E-state index in [1.807, 2.05) is 62.4 Å². The Labute approximate surface area is 447 Å². The molecular weight excluding hydrogens is 991 g/mol. The first-order valence-electron chi connectivity index (χ1n) is 25.9. The predicted octanol–water partition coefficient (Wildman–Crippen LogP) is 7.38. The summed E-state index contributed by atoms with van der Waals surface area (Å²) in [5, 5.41) is 11.1. The van der Waals surface area contributed by atoms with Crippen molar-refractivity contribution >= 4 is 58.2 Å². The zero-order valence-electron chi connectivity index (χ0n) is 47.6. The van der Waals surface area contributed by atoms with Crippen LogP contribution < -0.4 is 35.9 Å². The van der Waals surface area contributed by atoms with Crippen molar-refractivity contribution in [1.29, 1.82) is 0 Å². The molecule has 0 spiro atoms. The van der Waals surface area contributed by atoms with E-state index in [0.717, 1.165) is 22.6 Å². The summed E-state index contributed by atoms with van der Waals surface area (Å²) in [6.45, 7) is 34.1. The highest BCUT2D eigenvalue weighted by atomic mass is 28.4. The highest BCUT2D eigenvalue weighted by molar-refractivity contribution is 6.75. The highest BCUT2D eigenvalue weighted by Crippen LogP contribution is 2.38. The molecule has 0 radical (unpaired) electrons. The van der Waals surface area contributed by atoms with Crippen LogP contribution in [0, 0.1) is 17.8 Å². The Morgan fingerprint density at radius 3 is 1.33 bits per heavy atom. The second kappa shape index (κ2) is 26.8. The van der Waals surface area contributed by atoms with Crippen LogP contribution >= 0.6 is 0 Å². The molecule has 6 N–H and O–H groups in total. The highest BCUT2D eigenvalue weighted by Gasteiger charge is 2.40. The second-order valence-corrected chi connectivity index (χ2v) is 33.6. The van der Waals surface area contributed by atoms with Crippen molar-refractivity contribution in [2.75, 3.05) is 13.2 Å². The van der Waals surface area contributed by atoms with Gasteiger partial charge in [-0.15, -0.1) is 0 Å². The lowest BCUT2D eigenvalue weighted by Crippen LogP contribution is -2.54. The number of nitrogens with two attached hydrogens (primary N) is 1. The SMILES string of the molecule is CC(C)[C@@H]1NC(=O)/C=C/[C@@H](CC(=O)OC(C)(C)C)COC(=O)[C@H](Cc2ccc(O[Si](C)(C)C(C)(C)C)cc2)NC1=O.CC(C)[C@@H]1NC(=O)/C=C/[C@@H](N)COC(=O)[C@H](Cc2ccc(O[Si](C)(C)C(C)(C)C)cc2)NC1=O. The van der Waals surface area contributed by atoms with Crippen molar-refractivity contribution in [3.8, 4) is 11.5 Å². The van der Waals surface area contributed by atoms with E-state index in [1.54, 1.807) is 34.6 Å². The maximum absolute atomic E-state index is 13.3. The maximum atomic E-state index is 13.3. The summed E-state index contributed by atoms with van der Waals surface area (Å²) in [4.78, 5) is 89.5. The third kappa shape index (κ3) is 21.0. The van der Waals surface area contributed by atoms with E-state index in [1.165, 1.54) is 24.3 Å². The Morgan fingerprint density at radius 1 is 0.600 bits per heavy atom. The minimum Gasteiger partial charge on any atom is -0.544 e. The minimum atomic E-state index is -2.02. The summed E-state index contributed by atoms with van der Waals surface area (Å²) >= 11 is 0. The zero-order valence-corrected chi connectivity index (χ0v) is 49.6. The standard InChI is InChI=1S/C31H48N2O7Si.C25H39N3O5Si/c1-20(2)27-28(36)32-24(17-21-11-14-23(15-12-21)40-41(9,10)31(6,7)8)29(37)38-19-22(13-16-25(34)33-27)18-26(35)39-30(3,4)5;1-16(2)22-23(30)27-20(24(31)32-15-18(26)10-13-21(29)28-22)14-17-8-11-19(12-9-17)33-34(6,7)25(3,4)5/h11-16,20,22,24,27H,17-19H2,1-10H3,(H,32,36)(H,33,34);8-13,16,18,20,22H,14-15,26H2,1-7H3,(H,27,30)(H,28,29)/b16-13+;13-10+/t22-,24-,27-;18-,20+,22+/m01/s1. The van der Waals surface area contributed by atoms with E-state index in [-0.39, 0.29) is 54.4 Å². The summed E-state index contributed by atoms with van der Waals surface area (Å²) in [5.74, 6) is -2.97. The number of rotatable bonds is 12. The molecule has 2 heterocycles. The second-order valence-electron chi connectivity index (χ2n) is 24.2. The number of carbonyl (C=O) groups excluding carboxylic acids is 7. The van der Waals surface area contributed by atoms with Crippen molar-refractivity contribution in [2.24, 2.45) is 23.5 Å². The Balaban J connectivity index is 0.000000402. The van der Waals surface area contributed by atoms with Gasteiger partial charge in [0.2, 0.25) is 40.3 Å². The molecule has 75 heavy (non-hydrogen) atoms. The number of esters is 3. The quantitative estimate of drug-likeness (QED) is 0.0793. The fraction of sp³-hybridized carbons (Fsp3) is 0.589. The van der Waals surface area contributed by atoms with Crippen molar-refractivity contribution in [3.05, 3.63) is 84.0 Å². The van der Waals surface area contributed by atoms with E-state index in [0.29, 0.717) is 0 Å². The molecule has 0 bridgehead atoms. The van der Waals surface area contributed by atoms with Crippen LogP contribution in [0.25, 0.3) is 0 Å². The summed E-state index contributed by atoms with van der Waals surface area (Å²) in [6, 6.07) is 10.8. The lowest BCUT2D eigenvalue weighted by Gasteiger charge is -2.36. The molecule has 19 heteroatoms. The number of ether oxygens (including phenoxy) is 3. The summed E-state index contributed by atoms with van der Waals surface area (Å²) < 4.78 is 29.0. The number of nitrogens with one attached hydrogen (secondary N) is 4. The van der Waals surface area contributed by atoms with Crippen molar-refractivity contribution < 1.29 is 56.6 Å². The Kier molecular flexibility index (Phi) is 22.7. The van der Waals surface area contributed by atoms with Crippen molar-refractivity contribution in [2.45, 2.75) is 181 Å². The summed E-state index contributed by atoms with van der Waals surface area (Å²) in [6.07, 6.45) is 5.82. The lowest BCUT2D eigenvalue weighted by atomic mass is 10.0. The minimum absolute atomic E-state index is 0.0479. The molecule has 4 amide bonds. The third-order valence-corrected chi connectivity index (χ3v) is 22.2. The number of cyclic esters (lactones) is 2. The van der Waals surface area contributed by atoms with Crippen LogP contribution in [0.1, 0.15) is 108 Å². The van der Waals surface area contributed by atoms with Gasteiger partial charge in [-0.1, -0.05) is 106 Å². The average molecular weight is 1080 g/mol. The van der Waals surface area contributed by atoms with Gasteiger partial charge in [0.25, 0.3) is 0 Å². The van der Waals surface area contributed by atoms with E-state index in [9.17, 15) is 33.6 Å². The van der Waals surface area contributed by atoms with Crippen molar-refractivity contribution in [3.63, 3.8) is 0 Å². The number of benzene rings is 2. The molecule has 17 nitrogen and oxygen atoms in total. The fourth-order valence-corrected chi connectivity index (χ4v) is 9.04. The van der Waals surface area contributed by atoms with Gasteiger partial charge in [-0.25, -0.2) is 9.59 Å². The first-order valence-corrected chi connectivity index (χ1v) is 31.7. The van der Waals surface area contributed by atoms with Gasteiger partial charge >= 0.3 is 17.9 Å². The van der Waals surface area contributed by atoms with Crippen LogP contribution in [-0.4, -0.2) is 107 Å². The molecule has 2 aromatic rings. The maximum Gasteiger partial charge on any atom is 0.329 e. The molecule has 0 saturated heterocycles. The van der Waals surface area contributed by atoms with Gasteiger partial charge in [0.15, 0.2) is 0 Å². The average Bonchev–Trinajstić information content (AvgIpc) is 3.27. The van der Waals surface area contributed by atoms with E-state index >= 15 is 0 Å². The Bertz CT molecular complexity index is 2350. The molecule has 0 aromatic heterocycles. The van der Waals surface area contributed by atoms with E-state index in [4.69, 9.17) is 28.8 Å². The summed E-state index contributed by atoms with van der Waals surface area (Å²) in [5.41, 5.74) is 6.88. The van der Waals surface area contributed by atoms with Crippen LogP contribution in [0.3, 0.4) is 0 Å². The smallest absolute Gasteiger partial charge is 0.329 e. The zero-order chi connectivity index (χ0) is 56.9.